The highest BCUT2D eigenvalue weighted by Gasteiger charge is 2.28. The van der Waals surface area contributed by atoms with Crippen LogP contribution in [-0.4, -0.2) is 43.3 Å². The number of hydrogen-bond donors (Lipinski definition) is 1. The average Bonchev–Trinajstić information content (AvgIpc) is 2.29. The van der Waals surface area contributed by atoms with Crippen molar-refractivity contribution in [2.24, 2.45) is 11.7 Å². The number of hydrogen-bond acceptors (Lipinski definition) is 3. The zero-order valence-corrected chi connectivity index (χ0v) is 9.82. The van der Waals surface area contributed by atoms with Gasteiger partial charge in [0, 0.05) is 31.8 Å². The summed E-state index contributed by atoms with van der Waals surface area (Å²) in [6, 6.07) is 1.10. The molecule has 2 heterocycles. The Balaban J connectivity index is 1.85. The van der Waals surface area contributed by atoms with Crippen molar-refractivity contribution in [1.29, 1.82) is 0 Å². The van der Waals surface area contributed by atoms with Crippen LogP contribution in [0.25, 0.3) is 0 Å². The van der Waals surface area contributed by atoms with Gasteiger partial charge in [-0.3, -0.25) is 4.90 Å². The summed E-state index contributed by atoms with van der Waals surface area (Å²) in [7, 11) is 0. The molecule has 3 heteroatoms. The van der Waals surface area contributed by atoms with Crippen LogP contribution < -0.4 is 5.73 Å². The van der Waals surface area contributed by atoms with Crippen molar-refractivity contribution in [2.75, 3.05) is 26.3 Å². The summed E-state index contributed by atoms with van der Waals surface area (Å²) in [5.74, 6) is 0.823. The van der Waals surface area contributed by atoms with Crippen LogP contribution in [0, 0.1) is 5.92 Å². The van der Waals surface area contributed by atoms with Gasteiger partial charge in [0.1, 0.15) is 0 Å². The lowest BCUT2D eigenvalue weighted by atomic mass is 9.90. The minimum atomic E-state index is 0.404. The van der Waals surface area contributed by atoms with Crippen LogP contribution in [0.2, 0.25) is 0 Å². The number of nitrogens with two attached hydrogens (primary N) is 1. The van der Waals surface area contributed by atoms with Gasteiger partial charge < -0.3 is 10.5 Å². The fourth-order valence-electron chi connectivity index (χ4n) is 2.91. The predicted molar refractivity (Wildman–Crippen MR) is 61.8 cm³/mol. The van der Waals surface area contributed by atoms with E-state index in [1.807, 2.05) is 0 Å². The molecular weight excluding hydrogens is 188 g/mol. The largest absolute Gasteiger partial charge is 0.381 e. The van der Waals surface area contributed by atoms with Crippen molar-refractivity contribution in [3.63, 3.8) is 0 Å². The molecule has 2 atom stereocenters. The van der Waals surface area contributed by atoms with Gasteiger partial charge in [0.2, 0.25) is 0 Å². The quantitative estimate of drug-likeness (QED) is 0.748. The van der Waals surface area contributed by atoms with Gasteiger partial charge in [-0.05, 0) is 45.1 Å². The summed E-state index contributed by atoms with van der Waals surface area (Å²) in [6.07, 6.45) is 4.94. The van der Waals surface area contributed by atoms with Crippen molar-refractivity contribution < 1.29 is 4.74 Å². The Hall–Kier alpha value is -0.120. The number of nitrogens with zero attached hydrogens (tertiary/aromatic N) is 1. The highest BCUT2D eigenvalue weighted by Crippen LogP contribution is 2.24. The SMILES string of the molecule is CC(C1CCOCC1)N1CCCC(N)C1. The molecule has 2 N–H and O–H groups in total. The van der Waals surface area contributed by atoms with E-state index in [0.717, 1.165) is 25.7 Å². The van der Waals surface area contributed by atoms with Crippen LogP contribution in [0.1, 0.15) is 32.6 Å². The molecule has 2 rings (SSSR count). The van der Waals surface area contributed by atoms with Crippen LogP contribution >= 0.6 is 0 Å². The van der Waals surface area contributed by atoms with Crippen molar-refractivity contribution in [1.82, 2.24) is 4.90 Å². The van der Waals surface area contributed by atoms with Gasteiger partial charge >= 0.3 is 0 Å². The van der Waals surface area contributed by atoms with E-state index in [-0.39, 0.29) is 0 Å². The molecule has 0 amide bonds. The monoisotopic (exact) mass is 212 g/mol. The van der Waals surface area contributed by atoms with E-state index in [1.54, 1.807) is 0 Å². The third kappa shape index (κ3) is 2.92. The van der Waals surface area contributed by atoms with Gasteiger partial charge in [-0.15, -0.1) is 0 Å². The van der Waals surface area contributed by atoms with Crippen LogP contribution in [0.3, 0.4) is 0 Å². The first-order valence-electron chi connectivity index (χ1n) is 6.35. The molecule has 88 valence electrons. The van der Waals surface area contributed by atoms with Crippen molar-refractivity contribution in [3.05, 3.63) is 0 Å². The molecule has 2 saturated heterocycles. The third-order valence-electron chi connectivity index (χ3n) is 4.01. The zero-order chi connectivity index (χ0) is 10.7. The molecule has 0 spiro atoms. The molecule has 2 unspecified atom stereocenters. The standard InChI is InChI=1S/C12H24N2O/c1-10(11-4-7-15-8-5-11)14-6-2-3-12(13)9-14/h10-12H,2-9,13H2,1H3. The average molecular weight is 212 g/mol. The molecule has 2 fully saturated rings. The minimum absolute atomic E-state index is 0.404. The highest BCUT2D eigenvalue weighted by atomic mass is 16.5. The van der Waals surface area contributed by atoms with Crippen LogP contribution in [0.5, 0.6) is 0 Å². The van der Waals surface area contributed by atoms with Gasteiger partial charge in [0.25, 0.3) is 0 Å². The van der Waals surface area contributed by atoms with E-state index in [4.69, 9.17) is 10.5 Å². The van der Waals surface area contributed by atoms with E-state index in [2.05, 4.69) is 11.8 Å². The second-order valence-electron chi connectivity index (χ2n) is 5.09. The number of rotatable bonds is 2. The lowest BCUT2D eigenvalue weighted by Gasteiger charge is -2.40. The molecule has 2 aliphatic heterocycles. The van der Waals surface area contributed by atoms with E-state index in [9.17, 15) is 0 Å². The van der Waals surface area contributed by atoms with Crippen LogP contribution in [0.15, 0.2) is 0 Å². The summed E-state index contributed by atoms with van der Waals surface area (Å²) in [5.41, 5.74) is 6.03. The first kappa shape index (κ1) is 11.4. The Labute approximate surface area is 93.0 Å². The Morgan fingerprint density at radius 2 is 2.00 bits per heavy atom. The zero-order valence-electron chi connectivity index (χ0n) is 9.82. The molecule has 15 heavy (non-hydrogen) atoms. The highest BCUT2D eigenvalue weighted by molar-refractivity contribution is 4.83. The van der Waals surface area contributed by atoms with Gasteiger partial charge in [-0.1, -0.05) is 0 Å². The molecule has 0 aromatic heterocycles. The van der Waals surface area contributed by atoms with E-state index < -0.39 is 0 Å². The summed E-state index contributed by atoms with van der Waals surface area (Å²) >= 11 is 0. The number of piperidine rings is 1. The number of ether oxygens (including phenoxy) is 1. The van der Waals surface area contributed by atoms with Gasteiger partial charge in [0.15, 0.2) is 0 Å². The molecule has 0 saturated carbocycles. The Morgan fingerprint density at radius 3 is 2.67 bits per heavy atom. The summed E-state index contributed by atoms with van der Waals surface area (Å²) in [5, 5.41) is 0. The first-order valence-corrected chi connectivity index (χ1v) is 6.35. The summed E-state index contributed by atoms with van der Waals surface area (Å²) in [6.45, 7) is 6.61. The molecule has 0 bridgehead atoms. The Bertz CT molecular complexity index is 192. The Kier molecular flexibility index (Phi) is 4.00. The molecule has 3 nitrogen and oxygen atoms in total. The third-order valence-corrected chi connectivity index (χ3v) is 4.01. The summed E-state index contributed by atoms with van der Waals surface area (Å²) in [4.78, 5) is 2.59. The van der Waals surface area contributed by atoms with Crippen molar-refractivity contribution in [2.45, 2.75) is 44.7 Å². The second-order valence-corrected chi connectivity index (χ2v) is 5.09. The molecule has 0 aromatic rings. The lowest BCUT2D eigenvalue weighted by Crippen LogP contribution is -2.49. The first-order chi connectivity index (χ1) is 7.27. The minimum Gasteiger partial charge on any atom is -0.381 e. The van der Waals surface area contributed by atoms with Crippen LogP contribution in [-0.2, 0) is 4.74 Å². The molecule has 0 radical (unpaired) electrons. The van der Waals surface area contributed by atoms with Crippen molar-refractivity contribution in [3.8, 4) is 0 Å². The molecular formula is C12H24N2O. The van der Waals surface area contributed by atoms with Crippen molar-refractivity contribution >= 4 is 0 Å². The van der Waals surface area contributed by atoms with E-state index >= 15 is 0 Å². The van der Waals surface area contributed by atoms with Gasteiger partial charge in [-0.2, -0.15) is 0 Å². The Morgan fingerprint density at radius 1 is 1.27 bits per heavy atom. The lowest BCUT2D eigenvalue weighted by molar-refractivity contribution is 0.0233. The smallest absolute Gasteiger partial charge is 0.0469 e. The number of likely N-dealkylation sites (tertiary alicyclic amines) is 1. The molecule has 2 aliphatic rings. The molecule has 0 aromatic carbocycles. The summed E-state index contributed by atoms with van der Waals surface area (Å²) < 4.78 is 5.42. The van der Waals surface area contributed by atoms with Crippen LogP contribution in [0.4, 0.5) is 0 Å². The maximum atomic E-state index is 6.03. The predicted octanol–water partition coefficient (Wildman–Crippen LogP) is 1.22. The normalized spacial score (nSPS) is 32.8. The van der Waals surface area contributed by atoms with E-state index in [1.165, 1.54) is 32.2 Å². The fourth-order valence-corrected chi connectivity index (χ4v) is 2.91. The van der Waals surface area contributed by atoms with E-state index in [0.29, 0.717) is 12.1 Å². The van der Waals surface area contributed by atoms with Gasteiger partial charge in [-0.25, -0.2) is 0 Å². The van der Waals surface area contributed by atoms with Gasteiger partial charge in [0.05, 0.1) is 0 Å². The second kappa shape index (κ2) is 5.28. The fraction of sp³-hybridized carbons (Fsp3) is 1.00. The topological polar surface area (TPSA) is 38.5 Å². The maximum absolute atomic E-state index is 6.03. The maximum Gasteiger partial charge on any atom is 0.0469 e. The molecule has 0 aliphatic carbocycles.